The molecular weight excluding hydrogens is 643 g/mol. The van der Waals surface area contributed by atoms with Crippen molar-refractivity contribution in [2.45, 2.75) is 9.79 Å². The number of hydrogen-bond acceptors (Lipinski definition) is 12. The highest BCUT2D eigenvalue weighted by Gasteiger charge is 2.29. The predicted molar refractivity (Wildman–Crippen MR) is 146 cm³/mol. The summed E-state index contributed by atoms with van der Waals surface area (Å²) >= 11 is 5.78. The van der Waals surface area contributed by atoms with Gasteiger partial charge in [0.2, 0.25) is 0 Å². The first-order chi connectivity index (χ1) is 19.4. The smallest absolute Gasteiger partial charge is 0.358 e. The predicted octanol–water partition coefficient (Wildman–Crippen LogP) is 4.74. The van der Waals surface area contributed by atoms with Crippen molar-refractivity contribution in [3.63, 3.8) is 0 Å². The molecule has 0 spiro atoms. The molecule has 0 aliphatic rings. The maximum atomic E-state index is 12.2. The Balaban J connectivity index is 2.04. The van der Waals surface area contributed by atoms with Crippen LogP contribution in [0.4, 0.5) is 22.7 Å². The zero-order valence-electron chi connectivity index (χ0n) is 20.3. The molecule has 0 heterocycles. The fraction of sp³-hybridized carbons (Fsp3) is 0. The molecule has 0 saturated heterocycles. The fourth-order valence-electron chi connectivity index (χ4n) is 3.63. The lowest BCUT2D eigenvalue weighted by molar-refractivity contribution is 0.387. The SMILES string of the molecule is O=P(O)(O)c1cc(Cl)ccc1N=Nc1c(S(=O)(=O)O)cc2cc(S(=O)(=O)O)c(N=Nc3cccc(O)c3)c(O)c2c1O. The van der Waals surface area contributed by atoms with E-state index in [0.29, 0.717) is 12.1 Å². The first kappa shape index (κ1) is 30.9. The van der Waals surface area contributed by atoms with E-state index in [0.717, 1.165) is 18.2 Å². The average molecular weight is 659 g/mol. The molecule has 16 nitrogen and oxygen atoms in total. The van der Waals surface area contributed by atoms with Crippen LogP contribution in [0.5, 0.6) is 17.2 Å². The topological polar surface area (TPSA) is 276 Å². The molecule has 4 aromatic rings. The summed E-state index contributed by atoms with van der Waals surface area (Å²) in [5.74, 6) is -2.59. The molecule has 220 valence electrons. The number of aromatic hydroxyl groups is 3. The van der Waals surface area contributed by atoms with E-state index in [1.165, 1.54) is 24.3 Å². The van der Waals surface area contributed by atoms with Gasteiger partial charge in [0.1, 0.15) is 32.6 Å². The third kappa shape index (κ3) is 6.40. The highest BCUT2D eigenvalue weighted by Crippen LogP contribution is 2.50. The molecule has 0 aromatic heterocycles. The third-order valence-corrected chi connectivity index (χ3v) is 8.37. The highest BCUT2D eigenvalue weighted by atomic mass is 35.5. The summed E-state index contributed by atoms with van der Waals surface area (Å²) in [5.41, 5.74) is -2.50. The van der Waals surface area contributed by atoms with Gasteiger partial charge in [-0.2, -0.15) is 21.9 Å². The average Bonchev–Trinajstić information content (AvgIpc) is 2.86. The van der Waals surface area contributed by atoms with E-state index in [2.05, 4.69) is 20.5 Å². The van der Waals surface area contributed by atoms with Crippen molar-refractivity contribution < 1.29 is 55.6 Å². The van der Waals surface area contributed by atoms with Crippen molar-refractivity contribution in [1.82, 2.24) is 0 Å². The number of hydrogen-bond donors (Lipinski definition) is 7. The third-order valence-electron chi connectivity index (χ3n) is 5.41. The molecule has 0 bridgehead atoms. The number of phenols is 3. The van der Waals surface area contributed by atoms with Crippen molar-refractivity contribution in [2.75, 3.05) is 0 Å². The Hall–Kier alpha value is -4.00. The van der Waals surface area contributed by atoms with Crippen LogP contribution in [0.2, 0.25) is 5.02 Å². The number of rotatable bonds is 7. The van der Waals surface area contributed by atoms with E-state index in [1.54, 1.807) is 0 Å². The van der Waals surface area contributed by atoms with Gasteiger partial charge >= 0.3 is 7.60 Å². The molecule has 0 saturated carbocycles. The number of phenolic OH excluding ortho intramolecular Hbond substituents is 3. The van der Waals surface area contributed by atoms with Gasteiger partial charge in [-0.25, -0.2) is 0 Å². The van der Waals surface area contributed by atoms with Gasteiger partial charge < -0.3 is 25.1 Å². The molecule has 0 radical (unpaired) electrons. The van der Waals surface area contributed by atoms with Crippen LogP contribution in [-0.2, 0) is 24.8 Å². The monoisotopic (exact) mass is 658 g/mol. The molecule has 0 unspecified atom stereocenters. The zero-order valence-corrected chi connectivity index (χ0v) is 23.6. The summed E-state index contributed by atoms with van der Waals surface area (Å²) in [5, 5.41) is 43.9. The number of halogens is 1. The molecule has 0 atom stereocenters. The van der Waals surface area contributed by atoms with Crippen LogP contribution in [0.1, 0.15) is 0 Å². The fourth-order valence-corrected chi connectivity index (χ4v) is 5.92. The van der Waals surface area contributed by atoms with Gasteiger partial charge in [0, 0.05) is 11.1 Å². The van der Waals surface area contributed by atoms with Crippen LogP contribution < -0.4 is 5.30 Å². The summed E-state index contributed by atoms with van der Waals surface area (Å²) in [6.07, 6.45) is 0. The Morgan fingerprint density at radius 2 is 1.26 bits per heavy atom. The first-order valence-corrected chi connectivity index (χ1v) is 15.7. The molecular formula is C22H16ClN4O12PS2. The minimum absolute atomic E-state index is 0.0277. The lowest BCUT2D eigenvalue weighted by Gasteiger charge is -2.13. The molecule has 0 aliphatic heterocycles. The largest absolute Gasteiger partial charge is 0.508 e. The van der Waals surface area contributed by atoms with Crippen LogP contribution in [-0.4, -0.2) is 51.0 Å². The van der Waals surface area contributed by atoms with Crippen LogP contribution in [0.25, 0.3) is 10.8 Å². The first-order valence-electron chi connectivity index (χ1n) is 10.9. The van der Waals surface area contributed by atoms with Gasteiger partial charge in [-0.3, -0.25) is 13.7 Å². The second kappa shape index (κ2) is 11.0. The highest BCUT2D eigenvalue weighted by molar-refractivity contribution is 7.86. The molecule has 0 amide bonds. The van der Waals surface area contributed by atoms with Crippen molar-refractivity contribution >= 4 is 78.3 Å². The summed E-state index contributed by atoms with van der Waals surface area (Å²) in [7, 11) is -15.4. The van der Waals surface area contributed by atoms with E-state index in [1.807, 2.05) is 0 Å². The standard InChI is InChI=1S/C22H16ClN4O12PS2/c23-11-4-5-14(15(8-11)40(31,32)33)25-27-20-17(42(37,38)39)7-10-6-16(41(34,35)36)19(21(29)18(10)22(20)30)26-24-12-2-1-3-13(28)9-12/h1-9,28-30H,(H2,31,32,33)(H,34,35,36)(H,37,38,39). The Morgan fingerprint density at radius 3 is 1.76 bits per heavy atom. The van der Waals surface area contributed by atoms with Crippen LogP contribution in [0.15, 0.2) is 84.8 Å². The van der Waals surface area contributed by atoms with Gasteiger partial charge in [-0.05, 0) is 47.9 Å². The van der Waals surface area contributed by atoms with Gasteiger partial charge in [0.15, 0.2) is 11.5 Å². The normalized spacial score (nSPS) is 13.0. The van der Waals surface area contributed by atoms with E-state index >= 15 is 0 Å². The van der Waals surface area contributed by atoms with Crippen molar-refractivity contribution in [3.05, 3.63) is 59.6 Å². The summed E-state index contributed by atoms with van der Waals surface area (Å²) in [4.78, 5) is 17.0. The summed E-state index contributed by atoms with van der Waals surface area (Å²) < 4.78 is 80.0. The van der Waals surface area contributed by atoms with E-state index in [9.17, 15) is 55.6 Å². The molecule has 0 aliphatic carbocycles. The van der Waals surface area contributed by atoms with Gasteiger partial charge in [0.05, 0.1) is 16.4 Å². The number of fused-ring (bicyclic) bond motifs is 1. The van der Waals surface area contributed by atoms with Gasteiger partial charge in [-0.1, -0.05) is 17.7 Å². The number of azo groups is 2. The Bertz CT molecular complexity index is 2100. The second-order valence-corrected chi connectivity index (χ2v) is 13.1. The minimum atomic E-state index is -5.27. The minimum Gasteiger partial charge on any atom is -0.508 e. The second-order valence-electron chi connectivity index (χ2n) is 8.29. The zero-order chi connectivity index (χ0) is 31.2. The maximum Gasteiger partial charge on any atom is 0.358 e. The molecule has 20 heteroatoms. The van der Waals surface area contributed by atoms with E-state index < -0.39 is 82.3 Å². The van der Waals surface area contributed by atoms with Crippen molar-refractivity contribution in [3.8, 4) is 17.2 Å². The van der Waals surface area contributed by atoms with Crippen LogP contribution in [0.3, 0.4) is 0 Å². The molecule has 42 heavy (non-hydrogen) atoms. The molecule has 4 rings (SSSR count). The quantitative estimate of drug-likeness (QED) is 0.0805. The summed E-state index contributed by atoms with van der Waals surface area (Å²) in [6, 6.07) is 9.36. The van der Waals surface area contributed by atoms with Crippen LogP contribution >= 0.6 is 19.2 Å². The Labute approximate surface area is 240 Å². The maximum absolute atomic E-state index is 12.2. The molecule has 0 fully saturated rings. The lowest BCUT2D eigenvalue weighted by Crippen LogP contribution is -2.04. The van der Waals surface area contributed by atoms with Crippen molar-refractivity contribution in [2.24, 2.45) is 20.5 Å². The molecule has 4 aromatic carbocycles. The van der Waals surface area contributed by atoms with E-state index in [-0.39, 0.29) is 16.5 Å². The number of nitrogens with zero attached hydrogens (tertiary/aromatic N) is 4. The lowest BCUT2D eigenvalue weighted by atomic mass is 10.1. The number of benzene rings is 4. The Morgan fingerprint density at radius 1 is 0.714 bits per heavy atom. The molecule has 7 N–H and O–H groups in total. The summed E-state index contributed by atoms with van der Waals surface area (Å²) in [6.45, 7) is 0. The van der Waals surface area contributed by atoms with Crippen molar-refractivity contribution in [1.29, 1.82) is 0 Å². The van der Waals surface area contributed by atoms with E-state index in [4.69, 9.17) is 11.6 Å². The Kier molecular flexibility index (Phi) is 8.11. The van der Waals surface area contributed by atoms with Gasteiger partial charge in [0.25, 0.3) is 20.2 Å². The van der Waals surface area contributed by atoms with Gasteiger partial charge in [-0.15, -0.1) is 15.3 Å². The van der Waals surface area contributed by atoms with Crippen LogP contribution in [0, 0.1) is 0 Å².